The number of carbonyl (C=O) groups is 1. The van der Waals surface area contributed by atoms with Crippen LogP contribution in [0.2, 0.25) is 5.02 Å². The number of amides is 2. The number of nitrogens with zero attached hydrogens (tertiary/aromatic N) is 3. The number of urea groups is 1. The lowest BCUT2D eigenvalue weighted by atomic mass is 9.98. The number of hydrogen-bond donors (Lipinski definition) is 1. The molecule has 0 bridgehead atoms. The summed E-state index contributed by atoms with van der Waals surface area (Å²) in [5, 5.41) is 7.68. The van der Waals surface area contributed by atoms with E-state index in [1.807, 2.05) is 43.3 Å². The van der Waals surface area contributed by atoms with Crippen LogP contribution in [0.3, 0.4) is 0 Å². The quantitative estimate of drug-likeness (QED) is 0.667. The summed E-state index contributed by atoms with van der Waals surface area (Å²) in [6.45, 7) is 3.26. The lowest BCUT2D eigenvalue weighted by Gasteiger charge is -2.31. The molecular formula is C21H21ClN4O2. The van der Waals surface area contributed by atoms with E-state index in [-0.39, 0.29) is 11.9 Å². The van der Waals surface area contributed by atoms with Gasteiger partial charge in [-0.15, -0.1) is 0 Å². The van der Waals surface area contributed by atoms with E-state index in [1.54, 1.807) is 17.0 Å². The predicted octanol–water partition coefficient (Wildman–Crippen LogP) is 5.11. The van der Waals surface area contributed by atoms with Crippen molar-refractivity contribution in [2.75, 3.05) is 18.4 Å². The van der Waals surface area contributed by atoms with Crippen LogP contribution in [-0.2, 0) is 0 Å². The van der Waals surface area contributed by atoms with Crippen molar-refractivity contribution in [3.8, 4) is 11.4 Å². The summed E-state index contributed by atoms with van der Waals surface area (Å²) >= 11 is 6.04. The maximum absolute atomic E-state index is 12.7. The highest BCUT2D eigenvalue weighted by atomic mass is 35.5. The number of likely N-dealkylation sites (tertiary alicyclic amines) is 1. The van der Waals surface area contributed by atoms with Gasteiger partial charge in [0.25, 0.3) is 0 Å². The molecule has 2 heterocycles. The molecule has 0 radical (unpaired) electrons. The number of halogens is 1. The highest BCUT2D eigenvalue weighted by Gasteiger charge is 2.28. The summed E-state index contributed by atoms with van der Waals surface area (Å²) in [7, 11) is 0. The fourth-order valence-corrected chi connectivity index (χ4v) is 3.62. The molecule has 0 saturated carbocycles. The van der Waals surface area contributed by atoms with Gasteiger partial charge in [-0.25, -0.2) is 4.79 Å². The Hall–Kier alpha value is -2.86. The van der Waals surface area contributed by atoms with Gasteiger partial charge in [-0.2, -0.15) is 4.98 Å². The highest BCUT2D eigenvalue weighted by molar-refractivity contribution is 6.30. The third-order valence-corrected chi connectivity index (χ3v) is 5.09. The van der Waals surface area contributed by atoms with Crippen LogP contribution in [0.4, 0.5) is 10.5 Å². The number of carbonyl (C=O) groups excluding carboxylic acids is 1. The van der Waals surface area contributed by atoms with E-state index in [1.165, 1.54) is 0 Å². The van der Waals surface area contributed by atoms with Crippen molar-refractivity contribution < 1.29 is 9.32 Å². The van der Waals surface area contributed by atoms with Gasteiger partial charge < -0.3 is 14.7 Å². The molecule has 2 aromatic carbocycles. The predicted molar refractivity (Wildman–Crippen MR) is 108 cm³/mol. The molecule has 1 N–H and O–H groups in total. The molecule has 1 aliphatic rings. The molecule has 7 heteroatoms. The molecule has 3 aromatic rings. The van der Waals surface area contributed by atoms with E-state index in [0.29, 0.717) is 29.8 Å². The van der Waals surface area contributed by atoms with Gasteiger partial charge in [0, 0.05) is 29.4 Å². The first kappa shape index (κ1) is 18.5. The smallest absolute Gasteiger partial charge is 0.321 e. The normalized spacial score (nSPS) is 16.8. The van der Waals surface area contributed by atoms with Crippen LogP contribution < -0.4 is 5.32 Å². The molecule has 0 unspecified atom stereocenters. The number of piperidine rings is 1. The van der Waals surface area contributed by atoms with Crippen LogP contribution in [0.5, 0.6) is 0 Å². The van der Waals surface area contributed by atoms with Gasteiger partial charge in [-0.1, -0.05) is 41.0 Å². The Morgan fingerprint density at radius 3 is 2.93 bits per heavy atom. The number of rotatable bonds is 3. The Balaban J connectivity index is 1.44. The Kier molecular flexibility index (Phi) is 5.30. The fourth-order valence-electron chi connectivity index (χ4n) is 3.43. The van der Waals surface area contributed by atoms with Crippen LogP contribution >= 0.6 is 11.6 Å². The molecule has 4 rings (SSSR count). The Morgan fingerprint density at radius 2 is 2.11 bits per heavy atom. The molecule has 144 valence electrons. The van der Waals surface area contributed by atoms with Crippen molar-refractivity contribution in [2.24, 2.45) is 0 Å². The second-order valence-corrected chi connectivity index (χ2v) is 7.49. The summed E-state index contributed by atoms with van der Waals surface area (Å²) in [5.41, 5.74) is 2.72. The summed E-state index contributed by atoms with van der Waals surface area (Å²) in [6, 6.07) is 15.0. The summed E-state index contributed by atoms with van der Waals surface area (Å²) in [6.07, 6.45) is 1.80. The van der Waals surface area contributed by atoms with Crippen LogP contribution in [0.1, 0.15) is 30.2 Å². The fraction of sp³-hybridized carbons (Fsp3) is 0.286. The SMILES string of the molecule is Cc1cccc(NC(=O)N2CCC[C@@H](c3nc(-c4cccc(Cl)c4)no3)C2)c1. The summed E-state index contributed by atoms with van der Waals surface area (Å²) in [4.78, 5) is 19.0. The lowest BCUT2D eigenvalue weighted by molar-refractivity contribution is 0.184. The molecule has 0 aliphatic carbocycles. The number of benzene rings is 2. The number of aryl methyl sites for hydroxylation is 1. The van der Waals surface area contributed by atoms with Gasteiger partial charge in [-0.05, 0) is 49.6 Å². The molecule has 1 aliphatic heterocycles. The van der Waals surface area contributed by atoms with Crippen molar-refractivity contribution in [2.45, 2.75) is 25.7 Å². The van der Waals surface area contributed by atoms with E-state index in [2.05, 4.69) is 15.5 Å². The minimum Gasteiger partial charge on any atom is -0.339 e. The Morgan fingerprint density at radius 1 is 1.25 bits per heavy atom. The van der Waals surface area contributed by atoms with Gasteiger partial charge in [0.1, 0.15) is 0 Å². The zero-order valence-electron chi connectivity index (χ0n) is 15.6. The molecule has 1 aromatic heterocycles. The maximum Gasteiger partial charge on any atom is 0.321 e. The van der Waals surface area contributed by atoms with Crippen molar-refractivity contribution in [1.82, 2.24) is 15.0 Å². The van der Waals surface area contributed by atoms with E-state index in [0.717, 1.165) is 29.7 Å². The largest absolute Gasteiger partial charge is 0.339 e. The first-order valence-corrected chi connectivity index (χ1v) is 9.68. The van der Waals surface area contributed by atoms with E-state index < -0.39 is 0 Å². The monoisotopic (exact) mass is 396 g/mol. The van der Waals surface area contributed by atoms with Crippen molar-refractivity contribution in [1.29, 1.82) is 0 Å². The van der Waals surface area contributed by atoms with Crippen molar-refractivity contribution >= 4 is 23.3 Å². The summed E-state index contributed by atoms with van der Waals surface area (Å²) < 4.78 is 5.50. The second-order valence-electron chi connectivity index (χ2n) is 7.05. The lowest BCUT2D eigenvalue weighted by Crippen LogP contribution is -2.41. The number of nitrogens with one attached hydrogen (secondary N) is 1. The molecule has 0 spiro atoms. The standard InChI is InChI=1S/C21H21ClN4O2/c1-14-5-2-9-18(11-14)23-21(27)26-10-4-7-16(13-26)20-24-19(25-28-20)15-6-3-8-17(22)12-15/h2-3,5-6,8-9,11-12,16H,4,7,10,13H2,1H3,(H,23,27)/t16-/m1/s1. The molecule has 6 nitrogen and oxygen atoms in total. The van der Waals surface area contributed by atoms with Gasteiger partial charge in [0.2, 0.25) is 11.7 Å². The van der Waals surface area contributed by atoms with Crippen LogP contribution in [0.15, 0.2) is 53.1 Å². The first-order valence-electron chi connectivity index (χ1n) is 9.30. The zero-order chi connectivity index (χ0) is 19.5. The number of aromatic nitrogens is 2. The zero-order valence-corrected chi connectivity index (χ0v) is 16.3. The van der Waals surface area contributed by atoms with Crippen LogP contribution in [0.25, 0.3) is 11.4 Å². The Bertz CT molecular complexity index is 988. The van der Waals surface area contributed by atoms with E-state index in [4.69, 9.17) is 16.1 Å². The second kappa shape index (κ2) is 8.02. The van der Waals surface area contributed by atoms with Gasteiger partial charge in [0.05, 0.1) is 5.92 Å². The molecule has 1 fully saturated rings. The minimum atomic E-state index is -0.107. The average molecular weight is 397 g/mol. The Labute approximate surface area is 168 Å². The first-order chi connectivity index (χ1) is 13.6. The highest BCUT2D eigenvalue weighted by Crippen LogP contribution is 2.28. The van der Waals surface area contributed by atoms with Gasteiger partial charge in [0.15, 0.2) is 0 Å². The van der Waals surface area contributed by atoms with Gasteiger partial charge >= 0.3 is 6.03 Å². The molecule has 2 amide bonds. The third-order valence-electron chi connectivity index (χ3n) is 4.85. The van der Waals surface area contributed by atoms with E-state index >= 15 is 0 Å². The topological polar surface area (TPSA) is 71.3 Å². The van der Waals surface area contributed by atoms with Crippen molar-refractivity contribution in [3.05, 3.63) is 65.0 Å². The van der Waals surface area contributed by atoms with E-state index in [9.17, 15) is 4.79 Å². The molecular weight excluding hydrogens is 376 g/mol. The summed E-state index contributed by atoms with van der Waals surface area (Å²) in [5.74, 6) is 1.10. The van der Waals surface area contributed by atoms with Gasteiger partial charge in [-0.3, -0.25) is 0 Å². The van der Waals surface area contributed by atoms with Crippen molar-refractivity contribution in [3.63, 3.8) is 0 Å². The van der Waals surface area contributed by atoms with Crippen LogP contribution in [-0.4, -0.2) is 34.2 Å². The maximum atomic E-state index is 12.7. The minimum absolute atomic E-state index is 0.0254. The average Bonchev–Trinajstić information content (AvgIpc) is 3.18. The number of anilines is 1. The van der Waals surface area contributed by atoms with Crippen LogP contribution in [0, 0.1) is 6.92 Å². The number of hydrogen-bond acceptors (Lipinski definition) is 4. The molecule has 1 saturated heterocycles. The third kappa shape index (κ3) is 4.17. The molecule has 1 atom stereocenters. The molecule has 28 heavy (non-hydrogen) atoms.